The summed E-state index contributed by atoms with van der Waals surface area (Å²) in [5.41, 5.74) is 6.77. The molecule has 2 aliphatic rings. The van der Waals surface area contributed by atoms with Crippen molar-refractivity contribution < 1.29 is 18.3 Å². The average molecular weight is 539 g/mol. The van der Waals surface area contributed by atoms with Crippen molar-refractivity contribution in [2.75, 3.05) is 69.1 Å². The molecule has 0 amide bonds. The Morgan fingerprint density at radius 1 is 1.18 bits per heavy atom. The first-order valence-electron chi connectivity index (χ1n) is 12.9. The van der Waals surface area contributed by atoms with Gasteiger partial charge in [0.2, 0.25) is 11.8 Å². The lowest BCUT2D eigenvalue weighted by Gasteiger charge is -2.41. The molecule has 2 aliphatic heterocycles. The van der Waals surface area contributed by atoms with Gasteiger partial charge in [0, 0.05) is 64.6 Å². The van der Waals surface area contributed by atoms with Gasteiger partial charge in [-0.25, -0.2) is 19.3 Å². The maximum Gasteiger partial charge on any atom is 0.266 e. The van der Waals surface area contributed by atoms with Crippen molar-refractivity contribution >= 4 is 23.2 Å². The fourth-order valence-electron chi connectivity index (χ4n) is 5.44. The largest absolute Gasteiger partial charge is 0.489 e. The molecule has 6 rings (SSSR count). The summed E-state index contributed by atoms with van der Waals surface area (Å²) in [4.78, 5) is 24.2. The van der Waals surface area contributed by atoms with Gasteiger partial charge in [0.1, 0.15) is 24.4 Å². The highest BCUT2D eigenvalue weighted by Crippen LogP contribution is 2.32. The minimum Gasteiger partial charge on any atom is -0.489 e. The van der Waals surface area contributed by atoms with E-state index in [4.69, 9.17) is 19.6 Å². The molecule has 2 saturated heterocycles. The lowest BCUT2D eigenvalue weighted by atomic mass is 10.1. The zero-order chi connectivity index (χ0) is 26.9. The van der Waals surface area contributed by atoms with Crippen LogP contribution in [-0.2, 0) is 4.74 Å². The first-order chi connectivity index (χ1) is 19.0. The summed E-state index contributed by atoms with van der Waals surface area (Å²) in [7, 11) is 3.60. The number of rotatable bonds is 9. The third-order valence-corrected chi connectivity index (χ3v) is 7.32. The number of nitrogens with two attached hydrogens (primary N) is 1. The number of aromatic nitrogens is 6. The number of fused-ring (bicyclic) bond motifs is 2. The fraction of sp³-hybridized carbons (Fsp3) is 0.480. The topological polar surface area (TPSA) is 136 Å². The number of anilines is 3. The highest BCUT2D eigenvalue weighted by Gasteiger charge is 2.38. The minimum atomic E-state index is -0.369. The van der Waals surface area contributed by atoms with Crippen molar-refractivity contribution in [2.24, 2.45) is 0 Å². The van der Waals surface area contributed by atoms with Gasteiger partial charge in [0.15, 0.2) is 17.3 Å². The zero-order valence-corrected chi connectivity index (χ0v) is 21.9. The Bertz CT molecular complexity index is 1430. The molecule has 13 nitrogen and oxygen atoms in total. The van der Waals surface area contributed by atoms with E-state index in [1.165, 1.54) is 16.8 Å². The molecule has 0 aromatic carbocycles. The third kappa shape index (κ3) is 5.04. The normalized spacial score (nSPS) is 19.5. The second-order valence-corrected chi connectivity index (χ2v) is 9.78. The Balaban J connectivity index is 1.10. The van der Waals surface area contributed by atoms with Crippen LogP contribution in [-0.4, -0.2) is 100 Å². The van der Waals surface area contributed by atoms with Gasteiger partial charge in [-0.05, 0) is 12.8 Å². The smallest absolute Gasteiger partial charge is 0.266 e. The zero-order valence-electron chi connectivity index (χ0n) is 21.9. The van der Waals surface area contributed by atoms with Crippen LogP contribution in [0.4, 0.5) is 22.0 Å². The second kappa shape index (κ2) is 10.6. The van der Waals surface area contributed by atoms with Gasteiger partial charge in [-0.3, -0.25) is 4.90 Å². The van der Waals surface area contributed by atoms with Crippen LogP contribution in [0.3, 0.4) is 0 Å². The van der Waals surface area contributed by atoms with Crippen molar-refractivity contribution in [2.45, 2.75) is 24.9 Å². The predicted molar refractivity (Wildman–Crippen MR) is 141 cm³/mol. The molecule has 2 N–H and O–H groups in total. The lowest BCUT2D eigenvalue weighted by Crippen LogP contribution is -2.54. The number of halogens is 1. The van der Waals surface area contributed by atoms with Crippen molar-refractivity contribution in [1.82, 2.24) is 34.4 Å². The van der Waals surface area contributed by atoms with Crippen LogP contribution < -0.4 is 20.3 Å². The van der Waals surface area contributed by atoms with Crippen LogP contribution in [0.1, 0.15) is 12.8 Å². The highest BCUT2D eigenvalue weighted by atomic mass is 19.1. The van der Waals surface area contributed by atoms with E-state index in [2.05, 4.69) is 34.8 Å². The lowest BCUT2D eigenvalue weighted by molar-refractivity contribution is 0.146. The van der Waals surface area contributed by atoms with Gasteiger partial charge in [0.25, 0.3) is 5.89 Å². The van der Waals surface area contributed by atoms with Crippen molar-refractivity contribution in [3.8, 4) is 17.5 Å². The molecule has 0 aliphatic carbocycles. The number of hydrogen-bond acceptors (Lipinski definition) is 12. The predicted octanol–water partition coefficient (Wildman–Crippen LogP) is 1.71. The molecule has 4 aromatic rings. The van der Waals surface area contributed by atoms with Crippen LogP contribution in [0.2, 0.25) is 0 Å². The molecule has 14 heteroatoms. The summed E-state index contributed by atoms with van der Waals surface area (Å²) in [6, 6.07) is 3.93. The van der Waals surface area contributed by atoms with E-state index >= 15 is 0 Å². The number of hydrogen-bond donors (Lipinski definition) is 1. The van der Waals surface area contributed by atoms with Gasteiger partial charge in [-0.1, -0.05) is 0 Å². The van der Waals surface area contributed by atoms with Crippen LogP contribution >= 0.6 is 0 Å². The summed E-state index contributed by atoms with van der Waals surface area (Å²) in [6.07, 6.45) is 6.67. The van der Waals surface area contributed by atoms with Gasteiger partial charge >= 0.3 is 0 Å². The molecule has 0 radical (unpaired) electrons. The van der Waals surface area contributed by atoms with Gasteiger partial charge < -0.3 is 29.4 Å². The van der Waals surface area contributed by atoms with Crippen molar-refractivity contribution in [3.05, 3.63) is 36.6 Å². The Morgan fingerprint density at radius 2 is 2.08 bits per heavy atom. The highest BCUT2D eigenvalue weighted by molar-refractivity contribution is 5.58. The molecule has 0 saturated carbocycles. The number of pyridine rings is 1. The standard InChI is InChI=1S/C25H31FN10O3/c1-33(20-12-21-30-22(24-28-5-8-39-24)32-36(21)25(27)31-20)14-16-3-4-17-15-34(6-7-35(16)17)23-19(26)11-18(13-29-23)38-10-9-37-2/h5,8,11-13,16-17H,3-4,6-7,9-10,14-15H2,1-2H3,(H2,27,31). The summed E-state index contributed by atoms with van der Waals surface area (Å²) in [6.45, 7) is 3.83. The fourth-order valence-corrected chi connectivity index (χ4v) is 5.44. The number of nitrogen functional groups attached to an aromatic ring is 1. The quantitative estimate of drug-likeness (QED) is 0.311. The number of piperazine rings is 1. The van der Waals surface area contributed by atoms with E-state index in [0.717, 1.165) is 32.5 Å². The SMILES string of the molecule is COCCOc1cnc(N2CCN3C(CN(C)c4cc5nc(-c6ncco6)nn5c(N)n4)CCC3C2)c(F)c1. The molecule has 0 spiro atoms. The van der Waals surface area contributed by atoms with Crippen LogP contribution in [0.5, 0.6) is 5.75 Å². The molecule has 6 heterocycles. The number of ether oxygens (including phenoxy) is 2. The first-order valence-corrected chi connectivity index (χ1v) is 12.9. The molecule has 2 atom stereocenters. The number of methoxy groups -OCH3 is 1. The minimum absolute atomic E-state index is 0.238. The summed E-state index contributed by atoms with van der Waals surface area (Å²) in [5.74, 6) is 2.04. The van der Waals surface area contributed by atoms with Crippen LogP contribution in [0, 0.1) is 5.82 Å². The maximum atomic E-state index is 14.9. The molecular formula is C25H31FN10O3. The first kappa shape index (κ1) is 25.2. The summed E-state index contributed by atoms with van der Waals surface area (Å²) < 4.78 is 32.1. The van der Waals surface area contributed by atoms with E-state index in [1.807, 2.05) is 18.0 Å². The maximum absolute atomic E-state index is 14.9. The Morgan fingerprint density at radius 3 is 2.87 bits per heavy atom. The van der Waals surface area contributed by atoms with E-state index in [9.17, 15) is 4.39 Å². The average Bonchev–Trinajstić information content (AvgIpc) is 3.69. The van der Waals surface area contributed by atoms with Crippen molar-refractivity contribution in [3.63, 3.8) is 0 Å². The third-order valence-electron chi connectivity index (χ3n) is 7.32. The molecule has 39 heavy (non-hydrogen) atoms. The van der Waals surface area contributed by atoms with Gasteiger partial charge in [0.05, 0.1) is 19.0 Å². The summed E-state index contributed by atoms with van der Waals surface area (Å²) >= 11 is 0. The molecule has 206 valence electrons. The van der Waals surface area contributed by atoms with E-state index in [1.54, 1.807) is 19.5 Å². The van der Waals surface area contributed by atoms with E-state index < -0.39 is 0 Å². The van der Waals surface area contributed by atoms with E-state index in [0.29, 0.717) is 66.6 Å². The number of nitrogens with zero attached hydrogens (tertiary/aromatic N) is 9. The number of oxazole rings is 1. The molecule has 0 bridgehead atoms. The van der Waals surface area contributed by atoms with Crippen LogP contribution in [0.15, 0.2) is 35.2 Å². The Hall–Kier alpha value is -4.04. The Labute approximate surface area is 224 Å². The van der Waals surface area contributed by atoms with E-state index in [-0.39, 0.29) is 11.8 Å². The van der Waals surface area contributed by atoms with Gasteiger partial charge in [-0.2, -0.15) is 9.50 Å². The number of likely N-dealkylation sites (N-methyl/N-ethyl adjacent to an activating group) is 1. The van der Waals surface area contributed by atoms with Crippen molar-refractivity contribution in [1.29, 1.82) is 0 Å². The monoisotopic (exact) mass is 538 g/mol. The molecular weight excluding hydrogens is 507 g/mol. The summed E-state index contributed by atoms with van der Waals surface area (Å²) in [5, 5.41) is 4.36. The van der Waals surface area contributed by atoms with Gasteiger partial charge in [-0.15, -0.1) is 5.10 Å². The Kier molecular flexibility index (Phi) is 6.87. The molecule has 4 aromatic heterocycles. The molecule has 2 fully saturated rings. The second-order valence-electron chi connectivity index (χ2n) is 9.78. The molecule has 2 unspecified atom stereocenters. The van der Waals surface area contributed by atoms with Crippen LogP contribution in [0.25, 0.3) is 17.4 Å².